The number of hydrogen-bond donors (Lipinski definition) is 0. The summed E-state index contributed by atoms with van der Waals surface area (Å²) in [6.45, 7) is 6.25. The lowest BCUT2D eigenvalue weighted by molar-refractivity contribution is -0.172. The molecule has 0 aliphatic carbocycles. The summed E-state index contributed by atoms with van der Waals surface area (Å²) < 4.78 is 15.1. The van der Waals surface area contributed by atoms with Crippen LogP contribution < -0.4 is 0 Å². The summed E-state index contributed by atoms with van der Waals surface area (Å²) in [6, 6.07) is 0. The van der Waals surface area contributed by atoms with Crippen molar-refractivity contribution in [3.63, 3.8) is 0 Å². The second-order valence-electron chi connectivity index (χ2n) is 4.81. The van der Waals surface area contributed by atoms with Crippen LogP contribution in [-0.2, 0) is 19.0 Å². The van der Waals surface area contributed by atoms with Crippen molar-refractivity contribution in [1.82, 2.24) is 4.90 Å². The van der Waals surface area contributed by atoms with Crippen molar-refractivity contribution in [2.45, 2.75) is 32.5 Å². The van der Waals surface area contributed by atoms with Gasteiger partial charge >= 0.3 is 12.1 Å². The van der Waals surface area contributed by atoms with Gasteiger partial charge in [0.25, 0.3) is 0 Å². The lowest BCUT2D eigenvalue weighted by Gasteiger charge is -2.32. The summed E-state index contributed by atoms with van der Waals surface area (Å²) in [5.41, 5.74) is -0.562. The minimum atomic E-state index is -0.734. The van der Waals surface area contributed by atoms with Crippen LogP contribution in [0.15, 0.2) is 0 Å². The molecule has 1 rings (SSSR count). The normalized spacial score (nSPS) is 20.9. The summed E-state index contributed by atoms with van der Waals surface area (Å²) in [4.78, 5) is 24.5. The Bertz CT molecular complexity index is 297. The molecule has 1 heterocycles. The number of esters is 1. The predicted molar refractivity (Wildman–Crippen MR) is 59.6 cm³/mol. The topological polar surface area (TPSA) is 65.1 Å². The van der Waals surface area contributed by atoms with Gasteiger partial charge in [-0.25, -0.2) is 9.59 Å². The molecule has 0 aromatic heterocycles. The second-order valence-corrected chi connectivity index (χ2v) is 4.81. The highest BCUT2D eigenvalue weighted by Gasteiger charge is 2.32. The van der Waals surface area contributed by atoms with Crippen LogP contribution in [0, 0.1) is 0 Å². The summed E-state index contributed by atoms with van der Waals surface area (Å²) in [7, 11) is 1.31. The van der Waals surface area contributed by atoms with Crippen LogP contribution in [0.3, 0.4) is 0 Å². The van der Waals surface area contributed by atoms with Crippen molar-refractivity contribution < 1.29 is 23.8 Å². The minimum absolute atomic E-state index is 0.168. The molecular weight excluding hydrogens is 226 g/mol. The number of carbonyl (C=O) groups excluding carboxylic acids is 2. The van der Waals surface area contributed by atoms with E-state index in [1.807, 2.05) is 0 Å². The maximum Gasteiger partial charge on any atom is 0.409 e. The zero-order chi connectivity index (χ0) is 13.1. The standard InChI is InChI=1S/C11H19NO5/c1-11(2,3)17-9(13)8-7-12(5-6-16-8)10(14)15-4/h8H,5-7H2,1-4H3/t8-/m0/s1. The third-order valence-electron chi connectivity index (χ3n) is 2.17. The zero-order valence-corrected chi connectivity index (χ0v) is 10.7. The maximum absolute atomic E-state index is 11.7. The number of carbonyl (C=O) groups is 2. The Kier molecular flexibility index (Phi) is 4.34. The molecule has 1 atom stereocenters. The van der Waals surface area contributed by atoms with Crippen LogP contribution in [0.1, 0.15) is 20.8 Å². The first-order valence-electron chi connectivity index (χ1n) is 5.51. The van der Waals surface area contributed by atoms with Gasteiger partial charge in [-0.1, -0.05) is 0 Å². The van der Waals surface area contributed by atoms with Crippen LogP contribution in [0.4, 0.5) is 4.79 Å². The van der Waals surface area contributed by atoms with Crippen LogP contribution in [0.5, 0.6) is 0 Å². The number of methoxy groups -OCH3 is 1. The minimum Gasteiger partial charge on any atom is -0.458 e. The van der Waals surface area contributed by atoms with Crippen molar-refractivity contribution in [3.8, 4) is 0 Å². The SMILES string of the molecule is COC(=O)N1CCO[C@H](C(=O)OC(C)(C)C)C1. The highest BCUT2D eigenvalue weighted by molar-refractivity contribution is 5.77. The number of morpholine rings is 1. The first-order chi connectivity index (χ1) is 7.83. The van der Waals surface area contributed by atoms with E-state index in [-0.39, 0.29) is 6.54 Å². The Balaban J connectivity index is 2.55. The number of ether oxygens (including phenoxy) is 3. The molecule has 1 aliphatic heterocycles. The molecule has 0 unspecified atom stereocenters. The van der Waals surface area contributed by atoms with E-state index < -0.39 is 23.8 Å². The first-order valence-corrected chi connectivity index (χ1v) is 5.51. The third kappa shape index (κ3) is 4.22. The van der Waals surface area contributed by atoms with E-state index in [0.29, 0.717) is 13.2 Å². The Morgan fingerprint density at radius 2 is 2.00 bits per heavy atom. The summed E-state index contributed by atoms with van der Waals surface area (Å²) in [5.74, 6) is -0.453. The molecular formula is C11H19NO5. The Morgan fingerprint density at radius 3 is 2.53 bits per heavy atom. The van der Waals surface area contributed by atoms with E-state index >= 15 is 0 Å². The first kappa shape index (κ1) is 13.8. The fraction of sp³-hybridized carbons (Fsp3) is 0.818. The average Bonchev–Trinajstić information content (AvgIpc) is 2.26. The molecule has 1 saturated heterocycles. The Labute approximate surface area is 101 Å². The summed E-state index contributed by atoms with van der Waals surface area (Å²) >= 11 is 0. The Morgan fingerprint density at radius 1 is 1.35 bits per heavy atom. The second kappa shape index (κ2) is 5.35. The molecule has 0 N–H and O–H groups in total. The van der Waals surface area contributed by atoms with E-state index in [2.05, 4.69) is 4.74 Å². The fourth-order valence-corrected chi connectivity index (χ4v) is 1.45. The highest BCUT2D eigenvalue weighted by atomic mass is 16.6. The maximum atomic E-state index is 11.7. The number of hydrogen-bond acceptors (Lipinski definition) is 5. The van der Waals surface area contributed by atoms with Crippen molar-refractivity contribution >= 4 is 12.1 Å². The molecule has 0 aromatic carbocycles. The van der Waals surface area contributed by atoms with E-state index in [1.165, 1.54) is 12.0 Å². The van der Waals surface area contributed by atoms with Gasteiger partial charge < -0.3 is 19.1 Å². The quantitative estimate of drug-likeness (QED) is 0.639. The highest BCUT2D eigenvalue weighted by Crippen LogP contribution is 2.13. The van der Waals surface area contributed by atoms with Gasteiger partial charge in [0.15, 0.2) is 6.10 Å². The molecule has 0 spiro atoms. The van der Waals surface area contributed by atoms with Crippen molar-refractivity contribution in [3.05, 3.63) is 0 Å². The van der Waals surface area contributed by atoms with Gasteiger partial charge in [0.05, 0.1) is 20.3 Å². The Hall–Kier alpha value is -1.30. The number of amides is 1. The van der Waals surface area contributed by atoms with Crippen LogP contribution >= 0.6 is 0 Å². The van der Waals surface area contributed by atoms with Crippen LogP contribution in [0.2, 0.25) is 0 Å². The molecule has 0 saturated carbocycles. The molecule has 1 fully saturated rings. The largest absolute Gasteiger partial charge is 0.458 e. The molecule has 0 aromatic rings. The van der Waals surface area contributed by atoms with Crippen molar-refractivity contribution in [2.75, 3.05) is 26.8 Å². The van der Waals surface area contributed by atoms with E-state index in [9.17, 15) is 9.59 Å². The van der Waals surface area contributed by atoms with Gasteiger partial charge in [-0.2, -0.15) is 0 Å². The molecule has 0 bridgehead atoms. The van der Waals surface area contributed by atoms with Crippen molar-refractivity contribution in [1.29, 1.82) is 0 Å². The smallest absolute Gasteiger partial charge is 0.409 e. The lowest BCUT2D eigenvalue weighted by atomic mass is 10.2. The predicted octanol–water partition coefficient (Wildman–Crippen LogP) is 0.795. The van der Waals surface area contributed by atoms with Gasteiger partial charge in [-0.05, 0) is 20.8 Å². The molecule has 98 valence electrons. The van der Waals surface area contributed by atoms with Gasteiger partial charge in [0.2, 0.25) is 0 Å². The van der Waals surface area contributed by atoms with Crippen LogP contribution in [0.25, 0.3) is 0 Å². The summed E-state index contributed by atoms with van der Waals surface area (Å²) in [5, 5.41) is 0. The lowest BCUT2D eigenvalue weighted by Crippen LogP contribution is -2.50. The van der Waals surface area contributed by atoms with E-state index in [0.717, 1.165) is 0 Å². The number of nitrogens with zero attached hydrogens (tertiary/aromatic N) is 1. The molecule has 6 heteroatoms. The molecule has 17 heavy (non-hydrogen) atoms. The molecule has 1 aliphatic rings. The monoisotopic (exact) mass is 245 g/mol. The molecule has 1 amide bonds. The molecule has 0 radical (unpaired) electrons. The van der Waals surface area contributed by atoms with Gasteiger partial charge in [-0.15, -0.1) is 0 Å². The van der Waals surface area contributed by atoms with Gasteiger partial charge in [-0.3, -0.25) is 0 Å². The van der Waals surface area contributed by atoms with E-state index in [1.54, 1.807) is 20.8 Å². The van der Waals surface area contributed by atoms with Crippen LogP contribution in [-0.4, -0.2) is 55.5 Å². The number of rotatable bonds is 1. The van der Waals surface area contributed by atoms with E-state index in [4.69, 9.17) is 9.47 Å². The summed E-state index contributed by atoms with van der Waals surface area (Å²) in [6.07, 6.45) is -1.19. The fourth-order valence-electron chi connectivity index (χ4n) is 1.45. The van der Waals surface area contributed by atoms with Crippen molar-refractivity contribution in [2.24, 2.45) is 0 Å². The van der Waals surface area contributed by atoms with Gasteiger partial charge in [0, 0.05) is 6.54 Å². The third-order valence-corrected chi connectivity index (χ3v) is 2.17. The average molecular weight is 245 g/mol. The van der Waals surface area contributed by atoms with Gasteiger partial charge in [0.1, 0.15) is 5.60 Å². The molecule has 6 nitrogen and oxygen atoms in total. The zero-order valence-electron chi connectivity index (χ0n) is 10.7.